The summed E-state index contributed by atoms with van der Waals surface area (Å²) < 4.78 is 6.94. The molecule has 0 N–H and O–H groups in total. The van der Waals surface area contributed by atoms with Crippen LogP contribution in [-0.2, 0) is 10.8 Å². The number of carbonyl (C=O) groups excluding carboxylic acids is 1. The number of carbonyl (C=O) groups is 1. The summed E-state index contributed by atoms with van der Waals surface area (Å²) in [5.74, 6) is 0.191. The third-order valence-electron chi connectivity index (χ3n) is 6.32. The molecule has 0 spiro atoms. The number of hydrogen-bond donors (Lipinski definition) is 0. The largest absolute Gasteiger partial charge is 0.409 e. The Balaban J connectivity index is 2.65. The Morgan fingerprint density at radius 2 is 1.65 bits per heavy atom. The molecule has 0 amide bonds. The molecule has 0 aromatic heterocycles. The van der Waals surface area contributed by atoms with Crippen molar-refractivity contribution < 1.29 is 9.22 Å². The van der Waals surface area contributed by atoms with Crippen LogP contribution in [0, 0.1) is 5.41 Å². The number of hydrogen-bond acceptors (Lipinski definition) is 2. The van der Waals surface area contributed by atoms with Crippen molar-refractivity contribution in [2.24, 2.45) is 5.41 Å². The van der Waals surface area contributed by atoms with E-state index in [9.17, 15) is 4.79 Å². The zero-order chi connectivity index (χ0) is 20.3. The third kappa shape index (κ3) is 3.78. The van der Waals surface area contributed by atoms with Crippen molar-refractivity contribution in [1.29, 1.82) is 0 Å². The Morgan fingerprint density at radius 3 is 2.08 bits per heavy atom. The van der Waals surface area contributed by atoms with Crippen LogP contribution in [0.2, 0.25) is 37.8 Å². The van der Waals surface area contributed by atoms with Gasteiger partial charge in [-0.1, -0.05) is 66.4 Å². The fraction of sp³-hybridized carbons (Fsp3) is 0.682. The smallest absolute Gasteiger partial charge is 0.192 e. The molecule has 1 atom stereocenters. The van der Waals surface area contributed by atoms with Gasteiger partial charge in [-0.05, 0) is 53.2 Å². The summed E-state index contributed by atoms with van der Waals surface area (Å²) >= 11 is 0. The topological polar surface area (TPSA) is 26.3 Å². The zero-order valence-electron chi connectivity index (χ0n) is 18.8. The number of Topliss-reactive ketones (excluding diaryl/α,β-unsaturated/α-hetero) is 1. The number of benzene rings is 1. The van der Waals surface area contributed by atoms with Crippen molar-refractivity contribution in [2.75, 3.05) is 0 Å². The van der Waals surface area contributed by atoms with Gasteiger partial charge in [-0.25, -0.2) is 0 Å². The lowest BCUT2D eigenvalue weighted by molar-refractivity contribution is 0.0763. The van der Waals surface area contributed by atoms with E-state index >= 15 is 0 Å². The maximum Gasteiger partial charge on any atom is 0.192 e. The van der Waals surface area contributed by atoms with E-state index in [0.717, 1.165) is 12.0 Å². The van der Waals surface area contributed by atoms with Crippen molar-refractivity contribution in [3.8, 4) is 0 Å². The Labute approximate surface area is 162 Å². The zero-order valence-corrected chi connectivity index (χ0v) is 20.8. The highest BCUT2D eigenvalue weighted by Crippen LogP contribution is 2.51. The van der Waals surface area contributed by atoms with Gasteiger partial charge in [0, 0.05) is 5.56 Å². The molecule has 1 unspecified atom stereocenters. The Morgan fingerprint density at radius 1 is 1.12 bits per heavy atom. The van der Waals surface area contributed by atoms with E-state index < -0.39 is 16.4 Å². The van der Waals surface area contributed by atoms with Gasteiger partial charge >= 0.3 is 0 Å². The molecule has 1 aromatic carbocycles. The molecule has 2 nitrogen and oxygen atoms in total. The first kappa shape index (κ1) is 21.6. The van der Waals surface area contributed by atoms with Crippen LogP contribution in [0.3, 0.4) is 0 Å². The highest BCUT2D eigenvalue weighted by atomic mass is 28.4. The fourth-order valence-corrected chi connectivity index (χ4v) is 7.51. The Bertz CT molecular complexity index is 719. The third-order valence-corrected chi connectivity index (χ3v) is 12.8. The van der Waals surface area contributed by atoms with Crippen LogP contribution >= 0.6 is 0 Å². The molecule has 0 saturated carbocycles. The molecule has 0 radical (unpaired) electrons. The first-order valence-electron chi connectivity index (χ1n) is 9.84. The lowest BCUT2D eigenvalue weighted by Gasteiger charge is -2.42. The second-order valence-corrected chi connectivity index (χ2v) is 21.0. The van der Waals surface area contributed by atoms with E-state index in [1.165, 1.54) is 16.3 Å². The Hall–Kier alpha value is -0.716. The van der Waals surface area contributed by atoms with Crippen LogP contribution in [0.1, 0.15) is 69.1 Å². The van der Waals surface area contributed by atoms with Gasteiger partial charge in [0.05, 0.1) is 14.2 Å². The maximum atomic E-state index is 12.3. The molecule has 0 bridgehead atoms. The molecule has 1 aliphatic rings. The van der Waals surface area contributed by atoms with Gasteiger partial charge in [-0.15, -0.1) is 0 Å². The SMILES string of the molecule is CC(=O)c1ccc2c(c1[Si](C)(C)C)CC(C)(C)C2O[Si](C)(C)C(C)(C)C. The predicted molar refractivity (Wildman–Crippen MR) is 118 cm³/mol. The minimum atomic E-state index is -1.88. The summed E-state index contributed by atoms with van der Waals surface area (Å²) in [5.41, 5.74) is 3.74. The van der Waals surface area contributed by atoms with Crippen LogP contribution in [0.4, 0.5) is 0 Å². The van der Waals surface area contributed by atoms with E-state index in [0.29, 0.717) is 0 Å². The molecule has 0 fully saturated rings. The summed E-state index contributed by atoms with van der Waals surface area (Å²) in [6, 6.07) is 4.25. The van der Waals surface area contributed by atoms with Crippen molar-refractivity contribution in [2.45, 2.75) is 91.8 Å². The molecule has 0 aliphatic heterocycles. The minimum absolute atomic E-state index is 0.0572. The van der Waals surface area contributed by atoms with Gasteiger partial charge in [0.2, 0.25) is 0 Å². The predicted octanol–water partition coefficient (Wildman–Crippen LogP) is 6.08. The lowest BCUT2D eigenvalue weighted by Crippen LogP contribution is -2.44. The first-order valence-corrected chi connectivity index (χ1v) is 16.2. The molecule has 1 aromatic rings. The minimum Gasteiger partial charge on any atom is -0.409 e. The Kier molecular flexibility index (Phi) is 5.33. The van der Waals surface area contributed by atoms with Gasteiger partial charge < -0.3 is 4.43 Å². The normalized spacial score (nSPS) is 20.2. The first-order chi connectivity index (χ1) is 11.5. The van der Waals surface area contributed by atoms with Gasteiger partial charge in [-0.3, -0.25) is 4.79 Å². The van der Waals surface area contributed by atoms with E-state index in [-0.39, 0.29) is 22.3 Å². The summed E-state index contributed by atoms with van der Waals surface area (Å²) in [4.78, 5) is 12.3. The van der Waals surface area contributed by atoms with Crippen molar-refractivity contribution in [1.82, 2.24) is 0 Å². The molecule has 2 rings (SSSR count). The summed E-state index contributed by atoms with van der Waals surface area (Å²) in [5, 5.41) is 1.55. The van der Waals surface area contributed by atoms with Crippen LogP contribution in [0.25, 0.3) is 0 Å². The van der Waals surface area contributed by atoms with Gasteiger partial charge in [-0.2, -0.15) is 0 Å². The highest BCUT2D eigenvalue weighted by molar-refractivity contribution is 6.89. The quantitative estimate of drug-likeness (QED) is 0.460. The molecular formula is C22H38O2Si2. The molecule has 1 aliphatic carbocycles. The van der Waals surface area contributed by atoms with Crippen LogP contribution in [0.5, 0.6) is 0 Å². The van der Waals surface area contributed by atoms with Gasteiger partial charge in [0.15, 0.2) is 14.1 Å². The summed E-state index contributed by atoms with van der Waals surface area (Å²) in [6.45, 7) is 25.0. The number of fused-ring (bicyclic) bond motifs is 1. The van der Waals surface area contributed by atoms with E-state index in [2.05, 4.69) is 79.5 Å². The van der Waals surface area contributed by atoms with Gasteiger partial charge in [0.1, 0.15) is 0 Å². The van der Waals surface area contributed by atoms with Crippen molar-refractivity contribution in [3.63, 3.8) is 0 Å². The summed E-state index contributed by atoms with van der Waals surface area (Å²) in [7, 11) is -3.53. The van der Waals surface area contributed by atoms with E-state index in [1.807, 2.05) is 0 Å². The lowest BCUT2D eigenvalue weighted by atomic mass is 9.87. The van der Waals surface area contributed by atoms with Crippen molar-refractivity contribution >= 4 is 27.4 Å². The van der Waals surface area contributed by atoms with Crippen LogP contribution < -0.4 is 5.19 Å². The molecule has 0 heterocycles. The molecule has 146 valence electrons. The maximum absolute atomic E-state index is 12.3. The molecule has 4 heteroatoms. The second kappa shape index (κ2) is 6.42. The van der Waals surface area contributed by atoms with Crippen LogP contribution in [-0.4, -0.2) is 22.2 Å². The number of ketones is 1. The van der Waals surface area contributed by atoms with Crippen LogP contribution in [0.15, 0.2) is 12.1 Å². The number of rotatable bonds is 4. The average Bonchev–Trinajstić information content (AvgIpc) is 2.65. The fourth-order valence-electron chi connectivity index (χ4n) is 3.91. The molecular weight excluding hydrogens is 352 g/mol. The van der Waals surface area contributed by atoms with E-state index in [4.69, 9.17) is 4.43 Å². The molecule has 0 saturated heterocycles. The monoisotopic (exact) mass is 390 g/mol. The standard InChI is InChI=1S/C22H38O2Si2/c1-15(23)16-12-13-17-18(19(16)25(7,8)9)14-22(5,6)20(17)24-26(10,11)21(2,3)4/h12-13,20H,14H2,1-11H3. The van der Waals surface area contributed by atoms with E-state index in [1.54, 1.807) is 6.92 Å². The second-order valence-electron chi connectivity index (χ2n) is 11.3. The van der Waals surface area contributed by atoms with Gasteiger partial charge in [0.25, 0.3) is 0 Å². The van der Waals surface area contributed by atoms with Crippen molar-refractivity contribution in [3.05, 3.63) is 28.8 Å². The summed E-state index contributed by atoms with van der Waals surface area (Å²) in [6.07, 6.45) is 1.12. The highest BCUT2D eigenvalue weighted by Gasteiger charge is 2.48. The molecule has 26 heavy (non-hydrogen) atoms. The average molecular weight is 391 g/mol.